The van der Waals surface area contributed by atoms with Crippen LogP contribution >= 0.6 is 0 Å². The second kappa shape index (κ2) is 8.70. The van der Waals surface area contributed by atoms with Crippen LogP contribution in [0.2, 0.25) is 0 Å². The minimum absolute atomic E-state index is 0.0185. The summed E-state index contributed by atoms with van der Waals surface area (Å²) in [6.45, 7) is 7.70. The summed E-state index contributed by atoms with van der Waals surface area (Å²) in [7, 11) is 5.59. The molecule has 2 amide bonds. The lowest BCUT2D eigenvalue weighted by molar-refractivity contribution is -0.243. The van der Waals surface area contributed by atoms with Crippen molar-refractivity contribution >= 4 is 17.5 Å². The van der Waals surface area contributed by atoms with Crippen LogP contribution in [0.25, 0.3) is 0 Å². The third kappa shape index (κ3) is 5.21. The zero-order valence-corrected chi connectivity index (χ0v) is 16.0. The Morgan fingerprint density at radius 3 is 2.64 bits per heavy atom. The van der Waals surface area contributed by atoms with Crippen LogP contribution in [-0.2, 0) is 14.5 Å². The molecule has 2 heterocycles. The van der Waals surface area contributed by atoms with E-state index in [1.165, 1.54) is 0 Å². The maximum absolute atomic E-state index is 12.4. The zero-order valence-electron chi connectivity index (χ0n) is 16.0. The molecule has 2 aliphatic heterocycles. The predicted molar refractivity (Wildman–Crippen MR) is 95.2 cm³/mol. The summed E-state index contributed by atoms with van der Waals surface area (Å²) >= 11 is 0. The highest BCUT2D eigenvalue weighted by Gasteiger charge is 2.49. The van der Waals surface area contributed by atoms with Crippen molar-refractivity contribution in [1.82, 2.24) is 20.5 Å². The summed E-state index contributed by atoms with van der Waals surface area (Å²) in [4.78, 5) is 31.7. The molecule has 0 bridgehead atoms. The van der Waals surface area contributed by atoms with Gasteiger partial charge in [0.25, 0.3) is 5.91 Å². The van der Waals surface area contributed by atoms with Crippen LogP contribution in [0.1, 0.15) is 27.2 Å². The summed E-state index contributed by atoms with van der Waals surface area (Å²) < 4.78 is 0. The molecule has 0 aromatic heterocycles. The molecule has 2 aliphatic rings. The van der Waals surface area contributed by atoms with Gasteiger partial charge in [0.05, 0.1) is 17.9 Å². The number of rotatable bonds is 5. The van der Waals surface area contributed by atoms with E-state index in [0.29, 0.717) is 26.1 Å². The van der Waals surface area contributed by atoms with E-state index < -0.39 is 11.0 Å². The number of hydrogen-bond donors (Lipinski definition) is 3. The van der Waals surface area contributed by atoms with Gasteiger partial charge in [0.15, 0.2) is 0 Å². The fourth-order valence-electron chi connectivity index (χ4n) is 2.59. The Morgan fingerprint density at radius 1 is 1.52 bits per heavy atom. The highest BCUT2D eigenvalue weighted by atomic mass is 17.1. The molecule has 0 aliphatic carbocycles. The van der Waals surface area contributed by atoms with Gasteiger partial charge in [-0.05, 0) is 41.9 Å². The molecule has 0 aromatic rings. The first-order valence-corrected chi connectivity index (χ1v) is 8.35. The van der Waals surface area contributed by atoms with Crippen molar-refractivity contribution in [2.45, 2.75) is 32.7 Å². The van der Waals surface area contributed by atoms with E-state index in [4.69, 9.17) is 5.26 Å². The number of nitrogens with zero attached hydrogens (tertiary/aromatic N) is 3. The SMILES string of the molecule is CN(C)CCOO.CNC(C)(C)C(=O)N1CCC2=NNC(=O)C2(C)C1. The van der Waals surface area contributed by atoms with Crippen molar-refractivity contribution in [1.29, 1.82) is 0 Å². The van der Waals surface area contributed by atoms with Gasteiger partial charge in [0.1, 0.15) is 5.41 Å². The van der Waals surface area contributed by atoms with E-state index in [9.17, 15) is 9.59 Å². The molecule has 144 valence electrons. The normalized spacial score (nSPS) is 22.8. The minimum atomic E-state index is -0.655. The summed E-state index contributed by atoms with van der Waals surface area (Å²) in [5, 5.41) is 14.8. The number of amides is 2. The average molecular weight is 357 g/mol. The van der Waals surface area contributed by atoms with Gasteiger partial charge in [-0.25, -0.2) is 10.3 Å². The number of hydrogen-bond acceptors (Lipinski definition) is 7. The molecular formula is C16H31N5O4. The summed E-state index contributed by atoms with van der Waals surface area (Å²) in [6.07, 6.45) is 0.654. The van der Waals surface area contributed by atoms with E-state index in [2.05, 4.69) is 20.7 Å². The van der Waals surface area contributed by atoms with Crippen LogP contribution in [0.4, 0.5) is 0 Å². The van der Waals surface area contributed by atoms with Gasteiger partial charge in [-0.3, -0.25) is 14.8 Å². The number of hydrazone groups is 1. The van der Waals surface area contributed by atoms with Gasteiger partial charge in [-0.15, -0.1) is 0 Å². The predicted octanol–water partition coefficient (Wildman–Crippen LogP) is -0.254. The Labute approximate surface area is 149 Å². The number of likely N-dealkylation sites (N-methyl/N-ethyl adjacent to an activating group) is 2. The molecule has 1 unspecified atom stereocenters. The van der Waals surface area contributed by atoms with E-state index >= 15 is 0 Å². The summed E-state index contributed by atoms with van der Waals surface area (Å²) in [6, 6.07) is 0. The number of fused-ring (bicyclic) bond motifs is 1. The summed E-state index contributed by atoms with van der Waals surface area (Å²) in [5.41, 5.74) is 2.10. The largest absolute Gasteiger partial charge is 0.339 e. The van der Waals surface area contributed by atoms with Crippen molar-refractivity contribution in [3.8, 4) is 0 Å². The molecule has 0 radical (unpaired) electrons. The monoisotopic (exact) mass is 357 g/mol. The van der Waals surface area contributed by atoms with Crippen LogP contribution in [0.15, 0.2) is 5.10 Å². The third-order valence-electron chi connectivity index (χ3n) is 4.63. The maximum Gasteiger partial charge on any atom is 0.253 e. The van der Waals surface area contributed by atoms with Crippen LogP contribution in [0.5, 0.6) is 0 Å². The molecule has 1 saturated heterocycles. The molecule has 0 spiro atoms. The van der Waals surface area contributed by atoms with Gasteiger partial charge in [0, 0.05) is 26.1 Å². The highest BCUT2D eigenvalue weighted by molar-refractivity contribution is 6.13. The minimum Gasteiger partial charge on any atom is -0.339 e. The highest BCUT2D eigenvalue weighted by Crippen LogP contribution is 2.31. The third-order valence-corrected chi connectivity index (χ3v) is 4.63. The topological polar surface area (TPSA) is 106 Å². The van der Waals surface area contributed by atoms with E-state index in [0.717, 1.165) is 12.3 Å². The van der Waals surface area contributed by atoms with Crippen LogP contribution in [-0.4, -0.2) is 85.5 Å². The summed E-state index contributed by atoms with van der Waals surface area (Å²) in [5.74, 6) is -0.0951. The van der Waals surface area contributed by atoms with Crippen LogP contribution in [0, 0.1) is 5.41 Å². The zero-order chi connectivity index (χ0) is 19.3. The van der Waals surface area contributed by atoms with Gasteiger partial charge >= 0.3 is 0 Å². The molecule has 1 fully saturated rings. The Morgan fingerprint density at radius 2 is 2.16 bits per heavy atom. The fourth-order valence-corrected chi connectivity index (χ4v) is 2.59. The average Bonchev–Trinajstić information content (AvgIpc) is 2.87. The molecular weight excluding hydrogens is 326 g/mol. The van der Waals surface area contributed by atoms with Crippen molar-refractivity contribution in [2.24, 2.45) is 10.5 Å². The quantitative estimate of drug-likeness (QED) is 0.463. The first-order valence-electron chi connectivity index (χ1n) is 8.35. The van der Waals surface area contributed by atoms with E-state index in [-0.39, 0.29) is 11.8 Å². The lowest BCUT2D eigenvalue weighted by Crippen LogP contribution is -2.59. The van der Waals surface area contributed by atoms with Gasteiger partial charge in [0.2, 0.25) is 5.91 Å². The smallest absolute Gasteiger partial charge is 0.253 e. The van der Waals surface area contributed by atoms with Crippen molar-refractivity contribution in [3.05, 3.63) is 0 Å². The van der Waals surface area contributed by atoms with Crippen molar-refractivity contribution < 1.29 is 19.7 Å². The number of piperidine rings is 1. The number of carbonyl (C=O) groups is 2. The second-order valence-corrected chi connectivity index (χ2v) is 7.32. The Balaban J connectivity index is 0.000000381. The Bertz CT molecular complexity index is 521. The molecule has 9 nitrogen and oxygen atoms in total. The number of likely N-dealkylation sites (tertiary alicyclic amines) is 1. The van der Waals surface area contributed by atoms with Crippen LogP contribution < -0.4 is 10.7 Å². The molecule has 1 atom stereocenters. The first-order chi connectivity index (χ1) is 11.6. The standard InChI is InChI=1S/C12H20N4O2.C4H11NO2/c1-11(2,13-4)10(18)16-6-5-8-12(3,7-16)9(17)15-14-8;1-5(2)3-4-7-6/h13H,5-7H2,1-4H3,(H,15,17);6H,3-4H2,1-2H3. The Kier molecular flexibility index (Phi) is 7.48. The van der Waals surface area contributed by atoms with Gasteiger partial charge < -0.3 is 15.1 Å². The molecule has 0 saturated carbocycles. The lowest BCUT2D eigenvalue weighted by Gasteiger charge is -2.40. The Hall–Kier alpha value is -1.55. The second-order valence-electron chi connectivity index (χ2n) is 7.32. The van der Waals surface area contributed by atoms with Crippen molar-refractivity contribution in [2.75, 3.05) is 47.4 Å². The molecule has 25 heavy (non-hydrogen) atoms. The number of carbonyl (C=O) groups excluding carboxylic acids is 2. The molecule has 3 N–H and O–H groups in total. The molecule has 0 aromatic carbocycles. The van der Waals surface area contributed by atoms with Crippen LogP contribution in [0.3, 0.4) is 0 Å². The van der Waals surface area contributed by atoms with Gasteiger partial charge in [-0.1, -0.05) is 0 Å². The fraction of sp³-hybridized carbons (Fsp3) is 0.812. The molecule has 2 rings (SSSR count). The first kappa shape index (κ1) is 21.5. The molecule has 9 heteroatoms. The lowest BCUT2D eigenvalue weighted by atomic mass is 9.79. The maximum atomic E-state index is 12.4. The van der Waals surface area contributed by atoms with E-state index in [1.807, 2.05) is 39.8 Å². The van der Waals surface area contributed by atoms with E-state index in [1.54, 1.807) is 11.9 Å². The van der Waals surface area contributed by atoms with Crippen molar-refractivity contribution in [3.63, 3.8) is 0 Å². The van der Waals surface area contributed by atoms with Gasteiger partial charge in [-0.2, -0.15) is 5.10 Å². The number of nitrogens with one attached hydrogen (secondary N) is 2.